The highest BCUT2D eigenvalue weighted by Crippen LogP contribution is 2.39. The Morgan fingerprint density at radius 1 is 0.739 bits per heavy atom. The highest BCUT2D eigenvalue weighted by atomic mass is 15.3. The van der Waals surface area contributed by atoms with Crippen molar-refractivity contribution in [2.24, 2.45) is 5.92 Å². The molecular formula is C20H37N3. The van der Waals surface area contributed by atoms with Crippen molar-refractivity contribution in [2.75, 3.05) is 39.3 Å². The first kappa shape index (κ1) is 16.4. The van der Waals surface area contributed by atoms with Gasteiger partial charge in [0.2, 0.25) is 0 Å². The fraction of sp³-hybridized carbons (Fsp3) is 1.00. The molecule has 3 nitrogen and oxygen atoms in total. The number of nitrogens with zero attached hydrogens (tertiary/aromatic N) is 3. The van der Waals surface area contributed by atoms with Gasteiger partial charge in [-0.1, -0.05) is 26.2 Å². The maximum atomic E-state index is 3.04. The van der Waals surface area contributed by atoms with Crippen LogP contribution in [0.5, 0.6) is 0 Å². The number of likely N-dealkylation sites (tertiary alicyclic amines) is 1. The molecule has 4 aliphatic rings. The number of fused-ring (bicyclic) bond motifs is 1. The third-order valence-electron chi connectivity index (χ3n) is 7.44. The van der Waals surface area contributed by atoms with Gasteiger partial charge in [-0.3, -0.25) is 9.80 Å². The summed E-state index contributed by atoms with van der Waals surface area (Å²) in [6, 6.07) is 2.67. The normalized spacial score (nSPS) is 36.4. The molecule has 3 saturated heterocycles. The van der Waals surface area contributed by atoms with Gasteiger partial charge in [-0.05, 0) is 70.6 Å². The Morgan fingerprint density at radius 2 is 1.52 bits per heavy atom. The van der Waals surface area contributed by atoms with Crippen molar-refractivity contribution in [1.82, 2.24) is 14.7 Å². The number of piperidine rings is 1. The molecule has 23 heavy (non-hydrogen) atoms. The summed E-state index contributed by atoms with van der Waals surface area (Å²) in [5.74, 6) is 0.999. The fourth-order valence-corrected chi connectivity index (χ4v) is 6.18. The SMILES string of the molecule is CCN1CCC(N2CCN3CCCC3C2C2CCCCC2)CC1. The third-order valence-corrected chi connectivity index (χ3v) is 7.44. The Labute approximate surface area is 143 Å². The van der Waals surface area contributed by atoms with Crippen molar-refractivity contribution in [3.63, 3.8) is 0 Å². The Kier molecular flexibility index (Phi) is 5.27. The smallest absolute Gasteiger partial charge is 0.0283 e. The van der Waals surface area contributed by atoms with Crippen LogP contribution in [0.3, 0.4) is 0 Å². The van der Waals surface area contributed by atoms with E-state index >= 15 is 0 Å². The van der Waals surface area contributed by atoms with Crippen LogP contribution in [0.15, 0.2) is 0 Å². The Hall–Kier alpha value is -0.120. The standard InChI is InChI=1S/C20H37N3/c1-2-21-13-10-18(11-14-21)23-16-15-22-12-6-9-19(22)20(23)17-7-4-3-5-8-17/h17-20H,2-16H2,1H3. The van der Waals surface area contributed by atoms with Gasteiger partial charge in [0.1, 0.15) is 0 Å². The summed E-state index contributed by atoms with van der Waals surface area (Å²) in [4.78, 5) is 8.55. The van der Waals surface area contributed by atoms with Crippen LogP contribution < -0.4 is 0 Å². The van der Waals surface area contributed by atoms with Crippen LogP contribution in [0, 0.1) is 5.92 Å². The largest absolute Gasteiger partial charge is 0.303 e. The zero-order valence-electron chi connectivity index (χ0n) is 15.3. The van der Waals surface area contributed by atoms with Crippen molar-refractivity contribution in [1.29, 1.82) is 0 Å². The zero-order chi connectivity index (χ0) is 15.6. The van der Waals surface area contributed by atoms with Gasteiger partial charge >= 0.3 is 0 Å². The molecular weight excluding hydrogens is 282 g/mol. The Morgan fingerprint density at radius 3 is 2.26 bits per heavy atom. The van der Waals surface area contributed by atoms with Crippen LogP contribution in [0.2, 0.25) is 0 Å². The van der Waals surface area contributed by atoms with Gasteiger partial charge in [-0.15, -0.1) is 0 Å². The maximum Gasteiger partial charge on any atom is 0.0283 e. The second-order valence-corrected chi connectivity index (χ2v) is 8.54. The molecule has 1 aliphatic carbocycles. The quantitative estimate of drug-likeness (QED) is 0.791. The number of hydrogen-bond acceptors (Lipinski definition) is 3. The summed E-state index contributed by atoms with van der Waals surface area (Å²) in [5, 5.41) is 0. The number of hydrogen-bond donors (Lipinski definition) is 0. The molecule has 0 amide bonds. The lowest BCUT2D eigenvalue weighted by atomic mass is 9.78. The van der Waals surface area contributed by atoms with E-state index in [4.69, 9.17) is 0 Å². The van der Waals surface area contributed by atoms with Crippen LogP contribution in [0.25, 0.3) is 0 Å². The predicted molar refractivity (Wildman–Crippen MR) is 96.8 cm³/mol. The summed E-state index contributed by atoms with van der Waals surface area (Å²) in [6.45, 7) is 10.3. The van der Waals surface area contributed by atoms with Crippen molar-refractivity contribution >= 4 is 0 Å². The van der Waals surface area contributed by atoms with E-state index in [0.29, 0.717) is 0 Å². The van der Waals surface area contributed by atoms with E-state index in [-0.39, 0.29) is 0 Å². The molecule has 0 bridgehead atoms. The third kappa shape index (κ3) is 3.34. The van der Waals surface area contributed by atoms with E-state index in [9.17, 15) is 0 Å². The Balaban J connectivity index is 1.49. The minimum absolute atomic E-state index is 0.882. The lowest BCUT2D eigenvalue weighted by molar-refractivity contribution is -0.0384. The minimum Gasteiger partial charge on any atom is -0.303 e. The van der Waals surface area contributed by atoms with E-state index in [1.165, 1.54) is 97.1 Å². The molecule has 0 N–H and O–H groups in total. The fourth-order valence-electron chi connectivity index (χ4n) is 6.18. The van der Waals surface area contributed by atoms with E-state index in [2.05, 4.69) is 21.6 Å². The van der Waals surface area contributed by atoms with Gasteiger partial charge in [0, 0.05) is 31.2 Å². The number of piperazine rings is 1. The maximum absolute atomic E-state index is 3.04. The number of rotatable bonds is 3. The highest BCUT2D eigenvalue weighted by Gasteiger charge is 2.45. The second-order valence-electron chi connectivity index (χ2n) is 8.54. The van der Waals surface area contributed by atoms with E-state index in [1.54, 1.807) is 0 Å². The van der Waals surface area contributed by atoms with Crippen LogP contribution >= 0.6 is 0 Å². The molecule has 4 fully saturated rings. The van der Waals surface area contributed by atoms with Crippen LogP contribution in [-0.4, -0.2) is 72.1 Å². The first-order chi connectivity index (χ1) is 11.4. The van der Waals surface area contributed by atoms with Crippen molar-refractivity contribution in [3.8, 4) is 0 Å². The molecule has 3 heteroatoms. The minimum atomic E-state index is 0.882. The highest BCUT2D eigenvalue weighted by molar-refractivity contribution is 5.01. The molecule has 0 spiro atoms. The molecule has 3 aliphatic heterocycles. The van der Waals surface area contributed by atoms with E-state index in [1.807, 2.05) is 0 Å². The van der Waals surface area contributed by atoms with Crippen LogP contribution in [0.1, 0.15) is 64.7 Å². The average Bonchev–Trinajstić information content (AvgIpc) is 3.10. The van der Waals surface area contributed by atoms with Gasteiger partial charge in [-0.25, -0.2) is 0 Å². The second kappa shape index (κ2) is 7.41. The predicted octanol–water partition coefficient (Wildman–Crippen LogP) is 3.20. The van der Waals surface area contributed by atoms with Crippen molar-refractivity contribution in [2.45, 2.75) is 82.8 Å². The molecule has 0 aromatic carbocycles. The van der Waals surface area contributed by atoms with Gasteiger partial charge in [0.05, 0.1) is 0 Å². The molecule has 4 rings (SSSR count). The monoisotopic (exact) mass is 319 g/mol. The molecule has 3 heterocycles. The van der Waals surface area contributed by atoms with Gasteiger partial charge in [0.15, 0.2) is 0 Å². The van der Waals surface area contributed by atoms with Crippen LogP contribution in [-0.2, 0) is 0 Å². The van der Waals surface area contributed by atoms with Crippen molar-refractivity contribution in [3.05, 3.63) is 0 Å². The molecule has 2 unspecified atom stereocenters. The average molecular weight is 320 g/mol. The summed E-state index contributed by atoms with van der Waals surface area (Å²) in [5.41, 5.74) is 0. The first-order valence-corrected chi connectivity index (χ1v) is 10.6. The first-order valence-electron chi connectivity index (χ1n) is 10.6. The van der Waals surface area contributed by atoms with E-state index < -0.39 is 0 Å². The van der Waals surface area contributed by atoms with Gasteiger partial charge < -0.3 is 4.90 Å². The molecule has 0 aromatic rings. The van der Waals surface area contributed by atoms with Gasteiger partial charge in [0.25, 0.3) is 0 Å². The Bertz CT molecular complexity index is 371. The lowest BCUT2D eigenvalue weighted by Gasteiger charge is -2.53. The zero-order valence-corrected chi connectivity index (χ0v) is 15.3. The van der Waals surface area contributed by atoms with E-state index in [0.717, 1.165) is 24.0 Å². The molecule has 0 aromatic heterocycles. The topological polar surface area (TPSA) is 9.72 Å². The van der Waals surface area contributed by atoms with Crippen molar-refractivity contribution < 1.29 is 0 Å². The lowest BCUT2D eigenvalue weighted by Crippen LogP contribution is -2.63. The summed E-state index contributed by atoms with van der Waals surface area (Å²) >= 11 is 0. The van der Waals surface area contributed by atoms with Crippen LogP contribution in [0.4, 0.5) is 0 Å². The summed E-state index contributed by atoms with van der Waals surface area (Å²) < 4.78 is 0. The molecule has 1 saturated carbocycles. The molecule has 0 radical (unpaired) electrons. The molecule has 2 atom stereocenters. The molecule has 132 valence electrons. The van der Waals surface area contributed by atoms with Gasteiger partial charge in [-0.2, -0.15) is 0 Å². The summed E-state index contributed by atoms with van der Waals surface area (Å²) in [7, 11) is 0. The summed E-state index contributed by atoms with van der Waals surface area (Å²) in [6.07, 6.45) is 13.3.